The van der Waals surface area contributed by atoms with Gasteiger partial charge in [0.25, 0.3) is 11.6 Å². The van der Waals surface area contributed by atoms with E-state index in [1.807, 2.05) is 0 Å². The molecule has 0 fully saturated rings. The molecule has 1 N–H and O–H groups in total. The van der Waals surface area contributed by atoms with Crippen molar-refractivity contribution < 1.29 is 18.1 Å². The van der Waals surface area contributed by atoms with Crippen molar-refractivity contribution in [3.63, 3.8) is 0 Å². The number of nitrogens with zero attached hydrogens (tertiary/aromatic N) is 2. The molecule has 1 amide bonds. The summed E-state index contributed by atoms with van der Waals surface area (Å²) in [7, 11) is -2.00. The molecule has 8 nitrogen and oxygen atoms in total. The van der Waals surface area contributed by atoms with E-state index < -0.39 is 20.9 Å². The first-order chi connectivity index (χ1) is 11.2. The molecule has 0 aliphatic carbocycles. The predicted octanol–water partition coefficient (Wildman–Crippen LogP) is 2.24. The molecule has 0 aliphatic rings. The zero-order valence-corrected chi connectivity index (χ0v) is 13.8. The van der Waals surface area contributed by atoms with Crippen molar-refractivity contribution >= 4 is 33.0 Å². The molecule has 0 saturated heterocycles. The van der Waals surface area contributed by atoms with Crippen molar-refractivity contribution in [2.75, 3.05) is 22.9 Å². The number of hydrogen-bond donors (Lipinski definition) is 1. The van der Waals surface area contributed by atoms with Crippen molar-refractivity contribution in [2.24, 2.45) is 0 Å². The lowest BCUT2D eigenvalue weighted by Crippen LogP contribution is -2.24. The number of nitro groups is 1. The summed E-state index contributed by atoms with van der Waals surface area (Å²) in [5, 5.41) is 13.2. The van der Waals surface area contributed by atoms with Gasteiger partial charge in [0.05, 0.1) is 16.9 Å². The van der Waals surface area contributed by atoms with Crippen molar-refractivity contribution in [3.05, 3.63) is 64.2 Å². The average molecular weight is 349 g/mol. The Bertz CT molecular complexity index is 878. The number of carbonyl (C=O) groups excluding carboxylic acids is 1. The van der Waals surface area contributed by atoms with E-state index in [1.54, 1.807) is 18.2 Å². The minimum Gasteiger partial charge on any atom is -0.322 e. The van der Waals surface area contributed by atoms with E-state index in [2.05, 4.69) is 5.32 Å². The van der Waals surface area contributed by atoms with Gasteiger partial charge < -0.3 is 5.32 Å². The number of rotatable bonds is 5. The second kappa shape index (κ2) is 6.67. The first-order valence-electron chi connectivity index (χ1n) is 6.78. The van der Waals surface area contributed by atoms with Crippen LogP contribution in [0.1, 0.15) is 10.4 Å². The van der Waals surface area contributed by atoms with E-state index in [1.165, 1.54) is 37.4 Å². The van der Waals surface area contributed by atoms with Gasteiger partial charge in [-0.05, 0) is 30.3 Å². The number of non-ortho nitro benzene ring substituents is 1. The highest BCUT2D eigenvalue weighted by Gasteiger charge is 2.13. The highest BCUT2D eigenvalue weighted by molar-refractivity contribution is 7.92. The lowest BCUT2D eigenvalue weighted by molar-refractivity contribution is -0.384. The Kier molecular flexibility index (Phi) is 4.84. The van der Waals surface area contributed by atoms with Gasteiger partial charge in [0.1, 0.15) is 0 Å². The molecule has 2 aromatic carbocycles. The molecule has 24 heavy (non-hydrogen) atoms. The van der Waals surface area contributed by atoms with Gasteiger partial charge in [-0.2, -0.15) is 0 Å². The first-order valence-corrected chi connectivity index (χ1v) is 8.63. The minimum absolute atomic E-state index is 0.108. The maximum Gasteiger partial charge on any atom is 0.269 e. The van der Waals surface area contributed by atoms with Crippen molar-refractivity contribution in [1.29, 1.82) is 0 Å². The molecular weight excluding hydrogens is 334 g/mol. The van der Waals surface area contributed by atoms with Crippen LogP contribution in [-0.2, 0) is 10.0 Å². The standard InChI is InChI=1S/C15H15N3O5S/c1-17(24(2,22)23)14-5-3-4-12(10-14)16-15(19)11-6-8-13(9-7-11)18(20)21/h3-10H,1-2H3,(H,16,19). The number of anilines is 2. The largest absolute Gasteiger partial charge is 0.322 e. The third kappa shape index (κ3) is 4.07. The number of sulfonamides is 1. The van der Waals surface area contributed by atoms with E-state index in [0.717, 1.165) is 10.6 Å². The van der Waals surface area contributed by atoms with E-state index in [-0.39, 0.29) is 11.3 Å². The van der Waals surface area contributed by atoms with Crippen LogP contribution in [0.15, 0.2) is 48.5 Å². The summed E-state index contributed by atoms with van der Waals surface area (Å²) < 4.78 is 24.2. The van der Waals surface area contributed by atoms with Gasteiger partial charge >= 0.3 is 0 Å². The van der Waals surface area contributed by atoms with Crippen molar-refractivity contribution in [2.45, 2.75) is 0 Å². The molecule has 9 heteroatoms. The fourth-order valence-electron chi connectivity index (χ4n) is 1.91. The first kappa shape index (κ1) is 17.4. The number of benzene rings is 2. The van der Waals surface area contributed by atoms with Crippen LogP contribution in [-0.4, -0.2) is 32.6 Å². The molecule has 0 aromatic heterocycles. The van der Waals surface area contributed by atoms with Crippen LogP contribution in [0, 0.1) is 10.1 Å². The third-order valence-electron chi connectivity index (χ3n) is 3.31. The monoisotopic (exact) mass is 349 g/mol. The van der Waals surface area contributed by atoms with Gasteiger partial charge in [0, 0.05) is 30.4 Å². The van der Waals surface area contributed by atoms with Gasteiger partial charge in [-0.15, -0.1) is 0 Å². The van der Waals surface area contributed by atoms with Gasteiger partial charge in [-0.1, -0.05) is 6.07 Å². The molecule has 0 spiro atoms. The van der Waals surface area contributed by atoms with Crippen LogP contribution < -0.4 is 9.62 Å². The van der Waals surface area contributed by atoms with Crippen LogP contribution >= 0.6 is 0 Å². The van der Waals surface area contributed by atoms with Gasteiger partial charge in [0.2, 0.25) is 10.0 Å². The van der Waals surface area contributed by atoms with Crippen LogP contribution in [0.5, 0.6) is 0 Å². The Morgan fingerprint density at radius 2 is 1.79 bits per heavy atom. The van der Waals surface area contributed by atoms with Crippen LogP contribution in [0.2, 0.25) is 0 Å². The number of carbonyl (C=O) groups is 1. The number of amides is 1. The highest BCUT2D eigenvalue weighted by atomic mass is 32.2. The molecule has 0 bridgehead atoms. The molecule has 2 rings (SSSR count). The minimum atomic E-state index is -3.41. The second-order valence-electron chi connectivity index (χ2n) is 5.04. The molecule has 0 heterocycles. The van der Waals surface area contributed by atoms with E-state index in [9.17, 15) is 23.3 Å². The van der Waals surface area contributed by atoms with Gasteiger partial charge in [-0.3, -0.25) is 19.2 Å². The highest BCUT2D eigenvalue weighted by Crippen LogP contribution is 2.21. The summed E-state index contributed by atoms with van der Waals surface area (Å²) in [6, 6.07) is 11.5. The SMILES string of the molecule is CN(c1cccc(NC(=O)c2ccc([N+](=O)[O-])cc2)c1)S(C)(=O)=O. The average Bonchev–Trinajstić information content (AvgIpc) is 2.53. The quantitative estimate of drug-likeness (QED) is 0.657. The Labute approximate surface area is 138 Å². The van der Waals surface area contributed by atoms with E-state index in [0.29, 0.717) is 11.4 Å². The zero-order valence-electron chi connectivity index (χ0n) is 13.0. The molecule has 0 atom stereocenters. The zero-order chi connectivity index (χ0) is 17.9. The lowest BCUT2D eigenvalue weighted by atomic mass is 10.2. The Hall–Kier alpha value is -2.94. The molecule has 2 aromatic rings. The van der Waals surface area contributed by atoms with E-state index >= 15 is 0 Å². The maximum atomic E-state index is 12.2. The smallest absolute Gasteiger partial charge is 0.269 e. The number of nitrogens with one attached hydrogen (secondary N) is 1. The Balaban J connectivity index is 2.19. The van der Waals surface area contributed by atoms with E-state index in [4.69, 9.17) is 0 Å². The van der Waals surface area contributed by atoms with Gasteiger partial charge in [-0.25, -0.2) is 8.42 Å². The summed E-state index contributed by atoms with van der Waals surface area (Å²) in [4.78, 5) is 22.2. The topological polar surface area (TPSA) is 110 Å². The number of nitro benzene ring substituents is 1. The molecule has 0 unspecified atom stereocenters. The molecule has 0 aliphatic heterocycles. The summed E-state index contributed by atoms with van der Waals surface area (Å²) in [6.45, 7) is 0. The fraction of sp³-hybridized carbons (Fsp3) is 0.133. The summed E-state index contributed by atoms with van der Waals surface area (Å²) >= 11 is 0. The van der Waals surface area contributed by atoms with Crippen LogP contribution in [0.3, 0.4) is 0 Å². The summed E-state index contributed by atoms with van der Waals surface area (Å²) in [6.07, 6.45) is 1.08. The predicted molar refractivity (Wildman–Crippen MR) is 90.7 cm³/mol. The van der Waals surface area contributed by atoms with Crippen LogP contribution in [0.25, 0.3) is 0 Å². The Morgan fingerprint density at radius 3 is 2.33 bits per heavy atom. The normalized spacial score (nSPS) is 10.9. The molecule has 0 radical (unpaired) electrons. The fourth-order valence-corrected chi connectivity index (χ4v) is 2.41. The Morgan fingerprint density at radius 1 is 1.17 bits per heavy atom. The maximum absolute atomic E-state index is 12.2. The summed E-state index contributed by atoms with van der Waals surface area (Å²) in [5.74, 6) is -0.455. The lowest BCUT2D eigenvalue weighted by Gasteiger charge is -2.17. The van der Waals surface area contributed by atoms with Crippen molar-refractivity contribution in [3.8, 4) is 0 Å². The molecule has 126 valence electrons. The van der Waals surface area contributed by atoms with Gasteiger partial charge in [0.15, 0.2) is 0 Å². The molecular formula is C15H15N3O5S. The third-order valence-corrected chi connectivity index (χ3v) is 4.51. The van der Waals surface area contributed by atoms with Crippen molar-refractivity contribution in [1.82, 2.24) is 0 Å². The van der Waals surface area contributed by atoms with Crippen LogP contribution in [0.4, 0.5) is 17.1 Å². The molecule has 0 saturated carbocycles. The second-order valence-corrected chi connectivity index (χ2v) is 7.05. The summed E-state index contributed by atoms with van der Waals surface area (Å²) in [5.41, 5.74) is 0.955. The number of hydrogen-bond acceptors (Lipinski definition) is 5.